The summed E-state index contributed by atoms with van der Waals surface area (Å²) in [6.45, 7) is 0. The number of nitrogens with one attached hydrogen (secondary N) is 1. The zero-order chi connectivity index (χ0) is 14.0. The number of nitrogens with two attached hydrogens (primary N) is 1. The molecular weight excluding hydrogens is 277 g/mol. The molecule has 0 aliphatic rings. The molecule has 3 nitrogen and oxygen atoms in total. The van der Waals surface area contributed by atoms with Gasteiger partial charge < -0.3 is 4.74 Å². The maximum absolute atomic E-state index is 13.7. The fourth-order valence-corrected chi connectivity index (χ4v) is 2.61. The van der Waals surface area contributed by atoms with Crippen molar-refractivity contribution >= 4 is 11.3 Å². The minimum Gasteiger partial charge on any atom is -0.496 e. The lowest BCUT2D eigenvalue weighted by Gasteiger charge is -2.15. The van der Waals surface area contributed by atoms with E-state index in [2.05, 4.69) is 5.43 Å². The number of ether oxygens (including phenoxy) is 1. The average Bonchev–Trinajstić information content (AvgIpc) is 2.88. The van der Waals surface area contributed by atoms with Gasteiger partial charge in [-0.2, -0.15) is 0 Å². The highest BCUT2D eigenvalue weighted by atomic mass is 32.1. The second kappa shape index (κ2) is 5.60. The number of hydrazine groups is 1. The number of benzene rings is 1. The lowest BCUT2D eigenvalue weighted by molar-refractivity contribution is 0.415. The van der Waals surface area contributed by atoms with Crippen LogP contribution in [-0.4, -0.2) is 7.11 Å². The van der Waals surface area contributed by atoms with E-state index in [1.54, 1.807) is 11.4 Å². The lowest BCUT2D eigenvalue weighted by atomic mass is 10.0. The van der Waals surface area contributed by atoms with Gasteiger partial charge in [0.2, 0.25) is 0 Å². The van der Waals surface area contributed by atoms with E-state index in [1.165, 1.54) is 18.4 Å². The van der Waals surface area contributed by atoms with E-state index in [4.69, 9.17) is 10.6 Å². The first-order valence-electron chi connectivity index (χ1n) is 5.30. The van der Waals surface area contributed by atoms with Gasteiger partial charge >= 0.3 is 0 Å². The second-order valence-corrected chi connectivity index (χ2v) is 4.70. The van der Waals surface area contributed by atoms with E-state index in [1.807, 2.05) is 0 Å². The summed E-state index contributed by atoms with van der Waals surface area (Å²) in [5, 5.41) is 1.71. The molecule has 1 aromatic heterocycles. The molecule has 102 valence electrons. The summed E-state index contributed by atoms with van der Waals surface area (Å²) in [6.07, 6.45) is 0. The van der Waals surface area contributed by atoms with Crippen molar-refractivity contribution in [2.45, 2.75) is 6.04 Å². The van der Waals surface area contributed by atoms with Crippen LogP contribution in [0.4, 0.5) is 13.2 Å². The van der Waals surface area contributed by atoms with Crippen molar-refractivity contribution in [2.75, 3.05) is 7.11 Å². The Kier molecular flexibility index (Phi) is 4.08. The van der Waals surface area contributed by atoms with Gasteiger partial charge in [0.15, 0.2) is 17.5 Å². The topological polar surface area (TPSA) is 47.3 Å². The smallest absolute Gasteiger partial charge is 0.194 e. The Morgan fingerprint density at radius 2 is 2.00 bits per heavy atom. The molecule has 0 aliphatic heterocycles. The van der Waals surface area contributed by atoms with Gasteiger partial charge in [0.1, 0.15) is 5.75 Å². The Morgan fingerprint density at radius 3 is 2.58 bits per heavy atom. The minimum atomic E-state index is -1.51. The van der Waals surface area contributed by atoms with Gasteiger partial charge in [0.25, 0.3) is 0 Å². The van der Waals surface area contributed by atoms with E-state index in [0.717, 1.165) is 12.1 Å². The van der Waals surface area contributed by atoms with Gasteiger partial charge in [-0.3, -0.25) is 5.84 Å². The van der Waals surface area contributed by atoms with Crippen LogP contribution in [0.2, 0.25) is 0 Å². The van der Waals surface area contributed by atoms with E-state index < -0.39 is 23.5 Å². The molecule has 0 saturated heterocycles. The number of hydrogen-bond donors (Lipinski definition) is 2. The number of methoxy groups -OCH3 is 1. The molecule has 0 spiro atoms. The molecule has 1 unspecified atom stereocenters. The highest BCUT2D eigenvalue weighted by molar-refractivity contribution is 7.10. The summed E-state index contributed by atoms with van der Waals surface area (Å²) < 4.78 is 44.9. The monoisotopic (exact) mass is 288 g/mol. The molecule has 0 saturated carbocycles. The van der Waals surface area contributed by atoms with Crippen molar-refractivity contribution in [3.8, 4) is 5.75 Å². The van der Waals surface area contributed by atoms with Gasteiger partial charge in [0, 0.05) is 15.8 Å². The molecule has 0 aliphatic carbocycles. The molecule has 0 fully saturated rings. The quantitative estimate of drug-likeness (QED) is 0.516. The SMILES string of the molecule is COc1csc(C(NN)c2ccc(F)c(F)c2F)c1. The maximum Gasteiger partial charge on any atom is 0.194 e. The van der Waals surface area contributed by atoms with Gasteiger partial charge in [0.05, 0.1) is 13.2 Å². The summed E-state index contributed by atoms with van der Waals surface area (Å²) >= 11 is 1.27. The molecule has 2 rings (SSSR count). The molecule has 19 heavy (non-hydrogen) atoms. The van der Waals surface area contributed by atoms with Crippen LogP contribution < -0.4 is 16.0 Å². The lowest BCUT2D eigenvalue weighted by Crippen LogP contribution is -2.29. The van der Waals surface area contributed by atoms with E-state index in [0.29, 0.717) is 10.6 Å². The number of thiophene rings is 1. The zero-order valence-electron chi connectivity index (χ0n) is 9.91. The van der Waals surface area contributed by atoms with Crippen molar-refractivity contribution in [1.82, 2.24) is 5.43 Å². The van der Waals surface area contributed by atoms with Crippen molar-refractivity contribution in [2.24, 2.45) is 5.84 Å². The Hall–Kier alpha value is -1.57. The van der Waals surface area contributed by atoms with Crippen LogP contribution in [0.15, 0.2) is 23.6 Å². The predicted octanol–water partition coefficient (Wildman–Crippen LogP) is 2.73. The van der Waals surface area contributed by atoms with E-state index >= 15 is 0 Å². The van der Waals surface area contributed by atoms with Crippen molar-refractivity contribution in [3.63, 3.8) is 0 Å². The Bertz CT molecular complexity index is 588. The maximum atomic E-state index is 13.7. The fourth-order valence-electron chi connectivity index (χ4n) is 1.68. The second-order valence-electron chi connectivity index (χ2n) is 3.75. The highest BCUT2D eigenvalue weighted by Crippen LogP contribution is 2.32. The molecule has 0 amide bonds. The summed E-state index contributed by atoms with van der Waals surface area (Å²) in [5.41, 5.74) is 2.32. The number of rotatable bonds is 4. The Morgan fingerprint density at radius 1 is 1.26 bits per heavy atom. The molecule has 0 radical (unpaired) electrons. The molecular formula is C12H11F3N2OS. The van der Waals surface area contributed by atoms with Gasteiger partial charge in [-0.25, -0.2) is 18.6 Å². The van der Waals surface area contributed by atoms with E-state index in [-0.39, 0.29) is 5.56 Å². The zero-order valence-corrected chi connectivity index (χ0v) is 10.7. The highest BCUT2D eigenvalue weighted by Gasteiger charge is 2.22. The van der Waals surface area contributed by atoms with E-state index in [9.17, 15) is 13.2 Å². The van der Waals surface area contributed by atoms with Crippen molar-refractivity contribution in [3.05, 3.63) is 51.5 Å². The van der Waals surface area contributed by atoms with Crippen LogP contribution in [0.1, 0.15) is 16.5 Å². The van der Waals surface area contributed by atoms with Crippen molar-refractivity contribution in [1.29, 1.82) is 0 Å². The Balaban J connectivity index is 2.45. The fraction of sp³-hybridized carbons (Fsp3) is 0.167. The molecule has 3 N–H and O–H groups in total. The van der Waals surface area contributed by atoms with Gasteiger partial charge in [-0.1, -0.05) is 6.07 Å². The summed E-state index contributed by atoms with van der Waals surface area (Å²) in [4.78, 5) is 0.629. The largest absolute Gasteiger partial charge is 0.496 e. The third-order valence-corrected chi connectivity index (χ3v) is 3.63. The third kappa shape index (κ3) is 2.58. The van der Waals surface area contributed by atoms with Crippen LogP contribution in [0.3, 0.4) is 0 Å². The van der Waals surface area contributed by atoms with Crippen molar-refractivity contribution < 1.29 is 17.9 Å². The minimum absolute atomic E-state index is 0.0640. The van der Waals surface area contributed by atoms with Gasteiger partial charge in [-0.15, -0.1) is 11.3 Å². The first-order chi connectivity index (χ1) is 9.08. The molecule has 7 heteroatoms. The number of hydrogen-bond acceptors (Lipinski definition) is 4. The molecule has 1 heterocycles. The molecule has 2 aromatic rings. The summed E-state index contributed by atoms with van der Waals surface area (Å²) in [7, 11) is 1.49. The Labute approximate surface area is 111 Å². The third-order valence-electron chi connectivity index (χ3n) is 2.66. The average molecular weight is 288 g/mol. The number of halogens is 3. The summed E-state index contributed by atoms with van der Waals surface area (Å²) in [5.74, 6) is 1.96. The standard InChI is InChI=1S/C12H11F3N2OS/c1-18-6-4-9(19-5-6)12(17-16)7-2-3-8(13)11(15)10(7)14/h2-5,12,17H,16H2,1H3. The van der Waals surface area contributed by atoms with Gasteiger partial charge in [-0.05, 0) is 12.1 Å². The molecule has 0 bridgehead atoms. The molecule has 1 atom stereocenters. The van der Waals surface area contributed by atoms with Crippen LogP contribution >= 0.6 is 11.3 Å². The van der Waals surface area contributed by atoms with Crippen LogP contribution in [0.5, 0.6) is 5.75 Å². The van der Waals surface area contributed by atoms with Crippen LogP contribution in [0.25, 0.3) is 0 Å². The molecule has 1 aromatic carbocycles. The first kappa shape index (κ1) is 13.9. The normalized spacial score (nSPS) is 12.5. The first-order valence-corrected chi connectivity index (χ1v) is 6.18. The van der Waals surface area contributed by atoms with Crippen LogP contribution in [0, 0.1) is 17.5 Å². The van der Waals surface area contributed by atoms with Crippen LogP contribution in [-0.2, 0) is 0 Å². The predicted molar refractivity (Wildman–Crippen MR) is 66.4 cm³/mol. The summed E-state index contributed by atoms with van der Waals surface area (Å²) in [6, 6.07) is 2.90.